The molecule has 5 rings (SSSR count). The van der Waals surface area contributed by atoms with Gasteiger partial charge in [-0.25, -0.2) is 0 Å². The van der Waals surface area contributed by atoms with Crippen molar-refractivity contribution in [3.8, 4) is 0 Å². The monoisotopic (exact) mass is 494 g/mol. The summed E-state index contributed by atoms with van der Waals surface area (Å²) in [6, 6.07) is 5.04. The van der Waals surface area contributed by atoms with Crippen molar-refractivity contribution in [2.75, 3.05) is 31.2 Å². The third-order valence-corrected chi connectivity index (χ3v) is 7.98. The quantitative estimate of drug-likeness (QED) is 0.384. The number of aliphatic hydroxyl groups is 1. The first-order valence-electron chi connectivity index (χ1n) is 12.8. The van der Waals surface area contributed by atoms with Gasteiger partial charge in [0.05, 0.1) is 18.1 Å². The fourth-order valence-corrected chi connectivity index (χ4v) is 6.35. The van der Waals surface area contributed by atoms with Crippen LogP contribution in [0.25, 0.3) is 0 Å². The summed E-state index contributed by atoms with van der Waals surface area (Å²) in [5.41, 5.74) is 0.405. The molecule has 0 aliphatic carbocycles. The van der Waals surface area contributed by atoms with Crippen molar-refractivity contribution in [2.45, 2.75) is 57.3 Å². The third kappa shape index (κ3) is 3.69. The number of fused-ring (bicyclic) bond motifs is 2. The first kappa shape index (κ1) is 24.7. The van der Waals surface area contributed by atoms with E-state index < -0.39 is 35.0 Å². The molecule has 4 heterocycles. The van der Waals surface area contributed by atoms with E-state index in [1.165, 1.54) is 0 Å². The fraction of sp³-hybridized carbons (Fsp3) is 0.536. The van der Waals surface area contributed by atoms with Crippen molar-refractivity contribution in [3.05, 3.63) is 53.6 Å². The first-order valence-corrected chi connectivity index (χ1v) is 12.8. The number of amides is 2. The minimum absolute atomic E-state index is 0.00194. The van der Waals surface area contributed by atoms with Gasteiger partial charge >= 0.3 is 5.97 Å². The number of aryl methyl sites for hydroxylation is 2. The van der Waals surface area contributed by atoms with Crippen molar-refractivity contribution in [2.24, 2.45) is 11.8 Å². The van der Waals surface area contributed by atoms with E-state index in [9.17, 15) is 19.5 Å². The van der Waals surface area contributed by atoms with Crippen LogP contribution in [-0.4, -0.2) is 71.3 Å². The number of unbranched alkanes of at least 4 members (excludes halogenated alkanes) is 1. The van der Waals surface area contributed by atoms with Crippen molar-refractivity contribution in [1.29, 1.82) is 0 Å². The van der Waals surface area contributed by atoms with E-state index in [2.05, 4.69) is 0 Å². The van der Waals surface area contributed by atoms with Crippen LogP contribution in [0.2, 0.25) is 0 Å². The Kier molecular flexibility index (Phi) is 6.29. The normalized spacial score (nSPS) is 33.6. The van der Waals surface area contributed by atoms with Crippen LogP contribution in [0.4, 0.5) is 5.69 Å². The zero-order valence-electron chi connectivity index (χ0n) is 21.1. The average molecular weight is 495 g/mol. The second-order valence-corrected chi connectivity index (χ2v) is 10.5. The molecule has 8 nitrogen and oxygen atoms in total. The summed E-state index contributed by atoms with van der Waals surface area (Å²) in [5.74, 6) is -2.72. The Hall–Kier alpha value is -2.97. The molecule has 1 unspecified atom stereocenters. The van der Waals surface area contributed by atoms with E-state index in [-0.39, 0.29) is 25.0 Å². The van der Waals surface area contributed by atoms with Gasteiger partial charge < -0.3 is 24.4 Å². The maximum absolute atomic E-state index is 14.4. The molecule has 0 bridgehead atoms. The Morgan fingerprint density at radius 1 is 1.06 bits per heavy atom. The molecule has 36 heavy (non-hydrogen) atoms. The molecule has 1 aromatic rings. The van der Waals surface area contributed by atoms with Gasteiger partial charge in [0.1, 0.15) is 17.6 Å². The zero-order chi connectivity index (χ0) is 25.7. The molecule has 192 valence electrons. The molecule has 2 fully saturated rings. The van der Waals surface area contributed by atoms with Gasteiger partial charge in [0.15, 0.2) is 0 Å². The Morgan fingerprint density at radius 3 is 2.64 bits per heavy atom. The number of hydrogen-bond acceptors (Lipinski definition) is 6. The highest BCUT2D eigenvalue weighted by molar-refractivity contribution is 6.06. The van der Waals surface area contributed by atoms with Gasteiger partial charge in [0.2, 0.25) is 5.91 Å². The maximum Gasteiger partial charge on any atom is 0.313 e. The lowest BCUT2D eigenvalue weighted by molar-refractivity contribution is -0.159. The molecule has 4 aliphatic heterocycles. The van der Waals surface area contributed by atoms with Crippen LogP contribution in [0.15, 0.2) is 42.5 Å². The average Bonchev–Trinajstić information content (AvgIpc) is 3.14. The van der Waals surface area contributed by atoms with E-state index >= 15 is 0 Å². The number of likely N-dealkylation sites (tertiary alicyclic amines) is 1. The number of benzene rings is 1. The summed E-state index contributed by atoms with van der Waals surface area (Å²) in [5, 5.41) is 9.34. The van der Waals surface area contributed by atoms with Crippen LogP contribution in [0.1, 0.15) is 37.3 Å². The molecular weight excluding hydrogens is 460 g/mol. The number of aliphatic hydroxyl groups excluding tert-OH is 1. The number of carbonyl (C=O) groups excluding carboxylic acids is 3. The number of rotatable bonds is 5. The number of cyclic esters (lactones) is 1. The standard InChI is InChI=1S/C28H34N2O6/c1-18-9-10-19(2)20(17-18)29-14-8-12-28-21(22-26(34)35-16-7-4-11-27(22,3)36-28)24(32)30(13-5-6-15-31)23(28)25(29)33/h4,8-12,17,21-23,31H,5-7,13-16H2,1-3H3/t21-,22-,23?,27+,28-/m0/s1. The molecule has 2 amide bonds. The van der Waals surface area contributed by atoms with E-state index in [0.29, 0.717) is 32.4 Å². The number of esters is 1. The fourth-order valence-electron chi connectivity index (χ4n) is 6.35. The van der Waals surface area contributed by atoms with Gasteiger partial charge in [0, 0.05) is 25.4 Å². The number of ether oxygens (including phenoxy) is 2. The molecule has 8 heteroatoms. The first-order chi connectivity index (χ1) is 17.2. The van der Waals surface area contributed by atoms with Crippen LogP contribution in [0.3, 0.4) is 0 Å². The number of nitrogens with zero attached hydrogens (tertiary/aromatic N) is 2. The van der Waals surface area contributed by atoms with Crippen LogP contribution < -0.4 is 4.90 Å². The predicted octanol–water partition coefficient (Wildman–Crippen LogP) is 2.45. The lowest BCUT2D eigenvalue weighted by atomic mass is 9.74. The largest absolute Gasteiger partial charge is 0.465 e. The topological polar surface area (TPSA) is 96.4 Å². The smallest absolute Gasteiger partial charge is 0.313 e. The number of hydrogen-bond donors (Lipinski definition) is 1. The van der Waals surface area contributed by atoms with Gasteiger partial charge in [0.25, 0.3) is 5.91 Å². The molecule has 4 aliphatic rings. The zero-order valence-corrected chi connectivity index (χ0v) is 21.1. The molecule has 2 saturated heterocycles. The Labute approximate surface area is 211 Å². The Bertz CT molecular complexity index is 1140. The maximum atomic E-state index is 14.4. The third-order valence-electron chi connectivity index (χ3n) is 7.98. The highest BCUT2D eigenvalue weighted by Crippen LogP contribution is 2.57. The van der Waals surface area contributed by atoms with Crippen LogP contribution >= 0.6 is 0 Å². The number of anilines is 1. The van der Waals surface area contributed by atoms with Gasteiger partial charge in [-0.05, 0) is 57.2 Å². The lowest BCUT2D eigenvalue weighted by Crippen LogP contribution is -2.56. The summed E-state index contributed by atoms with van der Waals surface area (Å²) in [4.78, 5) is 45.0. The molecule has 0 aromatic heterocycles. The van der Waals surface area contributed by atoms with E-state index in [1.54, 1.807) is 16.7 Å². The minimum atomic E-state index is -1.30. The second kappa shape index (κ2) is 9.16. The van der Waals surface area contributed by atoms with Gasteiger partial charge in [-0.15, -0.1) is 0 Å². The van der Waals surface area contributed by atoms with Gasteiger partial charge in [-0.1, -0.05) is 36.4 Å². The summed E-state index contributed by atoms with van der Waals surface area (Å²) in [6.07, 6.45) is 9.10. The minimum Gasteiger partial charge on any atom is -0.465 e. The lowest BCUT2D eigenvalue weighted by Gasteiger charge is -2.38. The van der Waals surface area contributed by atoms with Crippen LogP contribution in [0, 0.1) is 25.7 Å². The predicted molar refractivity (Wildman–Crippen MR) is 133 cm³/mol. The van der Waals surface area contributed by atoms with E-state index in [1.807, 2.05) is 56.4 Å². The molecule has 1 N–H and O–H groups in total. The van der Waals surface area contributed by atoms with E-state index in [4.69, 9.17) is 9.47 Å². The highest BCUT2D eigenvalue weighted by Gasteiger charge is 2.74. The van der Waals surface area contributed by atoms with Gasteiger partial charge in [-0.3, -0.25) is 14.4 Å². The summed E-state index contributed by atoms with van der Waals surface area (Å²) < 4.78 is 12.2. The molecule has 0 radical (unpaired) electrons. The van der Waals surface area contributed by atoms with E-state index in [0.717, 1.165) is 16.8 Å². The number of carbonyl (C=O) groups is 3. The summed E-state index contributed by atoms with van der Waals surface area (Å²) in [7, 11) is 0. The Morgan fingerprint density at radius 2 is 1.86 bits per heavy atom. The molecule has 5 atom stereocenters. The van der Waals surface area contributed by atoms with Crippen LogP contribution in [-0.2, 0) is 23.9 Å². The molecular formula is C28H34N2O6. The van der Waals surface area contributed by atoms with Crippen molar-refractivity contribution in [3.63, 3.8) is 0 Å². The highest BCUT2D eigenvalue weighted by atomic mass is 16.6. The summed E-state index contributed by atoms with van der Waals surface area (Å²) in [6.45, 7) is 6.61. The van der Waals surface area contributed by atoms with Gasteiger partial charge in [-0.2, -0.15) is 0 Å². The van der Waals surface area contributed by atoms with Crippen LogP contribution in [0.5, 0.6) is 0 Å². The Balaban J connectivity index is 1.64. The van der Waals surface area contributed by atoms with Crippen molar-refractivity contribution in [1.82, 2.24) is 4.90 Å². The molecule has 1 aromatic carbocycles. The molecule has 0 saturated carbocycles. The SMILES string of the molecule is Cc1ccc(C)c(N2CC=C[C@]34O[C@]5(C)C=CCCOC(=O)[C@@H]5[C@H]3C(=O)N(CCCCO)C4C2=O)c1. The summed E-state index contributed by atoms with van der Waals surface area (Å²) >= 11 is 0. The second-order valence-electron chi connectivity index (χ2n) is 10.5. The molecule has 1 spiro atoms. The van der Waals surface area contributed by atoms with Crippen molar-refractivity contribution < 1.29 is 29.0 Å². The van der Waals surface area contributed by atoms with Crippen molar-refractivity contribution >= 4 is 23.5 Å².